The summed E-state index contributed by atoms with van der Waals surface area (Å²) in [6.45, 7) is 0. The number of carboxylic acids is 1. The smallest absolute Gasteiger partial charge is 0.308 e. The Hall–Kier alpha value is -0.570. The zero-order chi connectivity index (χ0) is 9.47. The van der Waals surface area contributed by atoms with E-state index in [4.69, 9.17) is 0 Å². The van der Waals surface area contributed by atoms with Crippen LogP contribution in [0.2, 0.25) is 0 Å². The standard InChI is InChI=1S/C10H17NO2/c1-11-10-5-2-3-7(4-6-10)8(10)9(12)13/h7-8,11H,2-6H2,1H3,(H,12,13). The van der Waals surface area contributed by atoms with Gasteiger partial charge in [-0.05, 0) is 38.6 Å². The second-order valence-electron chi connectivity index (χ2n) is 4.41. The minimum absolute atomic E-state index is 0.0747. The minimum atomic E-state index is -0.600. The van der Waals surface area contributed by atoms with Crippen LogP contribution in [0, 0.1) is 11.8 Å². The van der Waals surface area contributed by atoms with Crippen LogP contribution < -0.4 is 5.32 Å². The molecule has 2 N–H and O–H groups in total. The number of aliphatic carboxylic acids is 1. The third-order valence-corrected chi connectivity index (χ3v) is 3.99. The summed E-state index contributed by atoms with van der Waals surface area (Å²) in [5.41, 5.74) is -0.0747. The predicted molar refractivity (Wildman–Crippen MR) is 49.5 cm³/mol. The minimum Gasteiger partial charge on any atom is -0.481 e. The average Bonchev–Trinajstić information content (AvgIpc) is 2.35. The molecule has 74 valence electrons. The van der Waals surface area contributed by atoms with Crippen LogP contribution in [0.3, 0.4) is 0 Å². The molecule has 0 aromatic rings. The Morgan fingerprint density at radius 3 is 2.77 bits per heavy atom. The van der Waals surface area contributed by atoms with E-state index >= 15 is 0 Å². The highest BCUT2D eigenvalue weighted by atomic mass is 16.4. The fourth-order valence-electron chi connectivity index (χ4n) is 3.33. The number of rotatable bonds is 2. The Morgan fingerprint density at radius 2 is 2.23 bits per heavy atom. The van der Waals surface area contributed by atoms with Gasteiger partial charge < -0.3 is 10.4 Å². The van der Waals surface area contributed by atoms with Gasteiger partial charge in [0.05, 0.1) is 5.92 Å². The highest BCUT2D eigenvalue weighted by molar-refractivity contribution is 5.73. The molecule has 0 aromatic carbocycles. The summed E-state index contributed by atoms with van der Waals surface area (Å²) < 4.78 is 0. The van der Waals surface area contributed by atoms with Gasteiger partial charge in [0.15, 0.2) is 0 Å². The molecular formula is C10H17NO2. The molecule has 2 aliphatic carbocycles. The van der Waals surface area contributed by atoms with Crippen molar-refractivity contribution in [3.05, 3.63) is 0 Å². The molecule has 0 amide bonds. The first-order chi connectivity index (χ1) is 6.19. The third kappa shape index (κ3) is 1.17. The van der Waals surface area contributed by atoms with Crippen molar-refractivity contribution in [3.8, 4) is 0 Å². The van der Waals surface area contributed by atoms with Gasteiger partial charge in [-0.1, -0.05) is 6.42 Å². The third-order valence-electron chi connectivity index (χ3n) is 3.99. The molecule has 0 radical (unpaired) electrons. The van der Waals surface area contributed by atoms with Crippen LogP contribution in [0.15, 0.2) is 0 Å². The SMILES string of the molecule is CNC12CCCC(CC1)C2C(=O)O. The van der Waals surface area contributed by atoms with Gasteiger partial charge in [0.1, 0.15) is 0 Å². The average molecular weight is 183 g/mol. The molecule has 13 heavy (non-hydrogen) atoms. The van der Waals surface area contributed by atoms with E-state index in [0.29, 0.717) is 5.92 Å². The van der Waals surface area contributed by atoms with Crippen molar-refractivity contribution in [1.82, 2.24) is 5.32 Å². The number of carboxylic acid groups (broad SMARTS) is 1. The zero-order valence-corrected chi connectivity index (χ0v) is 8.05. The summed E-state index contributed by atoms with van der Waals surface area (Å²) >= 11 is 0. The molecular weight excluding hydrogens is 166 g/mol. The van der Waals surface area contributed by atoms with Crippen LogP contribution in [0.1, 0.15) is 32.1 Å². The molecule has 2 rings (SSSR count). The lowest BCUT2D eigenvalue weighted by Crippen LogP contribution is -2.52. The van der Waals surface area contributed by atoms with E-state index in [0.717, 1.165) is 25.7 Å². The van der Waals surface area contributed by atoms with Gasteiger partial charge >= 0.3 is 5.97 Å². The maximum atomic E-state index is 11.1. The monoisotopic (exact) mass is 183 g/mol. The molecule has 3 unspecified atom stereocenters. The highest BCUT2D eigenvalue weighted by Crippen LogP contribution is 2.49. The lowest BCUT2D eigenvalue weighted by molar-refractivity contribution is -0.146. The van der Waals surface area contributed by atoms with E-state index in [9.17, 15) is 9.90 Å². The largest absolute Gasteiger partial charge is 0.481 e. The molecule has 2 aliphatic rings. The summed E-state index contributed by atoms with van der Waals surface area (Å²) in [7, 11) is 1.91. The van der Waals surface area contributed by atoms with Crippen molar-refractivity contribution in [2.24, 2.45) is 11.8 Å². The van der Waals surface area contributed by atoms with Gasteiger partial charge in [-0.2, -0.15) is 0 Å². The molecule has 2 bridgehead atoms. The fraction of sp³-hybridized carbons (Fsp3) is 0.900. The Balaban J connectivity index is 2.28. The zero-order valence-electron chi connectivity index (χ0n) is 8.05. The summed E-state index contributed by atoms with van der Waals surface area (Å²) in [5.74, 6) is -0.304. The van der Waals surface area contributed by atoms with Crippen molar-refractivity contribution in [3.63, 3.8) is 0 Å². The molecule has 3 nitrogen and oxygen atoms in total. The quantitative estimate of drug-likeness (QED) is 0.677. The van der Waals surface area contributed by atoms with Gasteiger partial charge in [0, 0.05) is 5.54 Å². The molecule has 0 aromatic heterocycles. The molecule has 0 heterocycles. The summed E-state index contributed by atoms with van der Waals surface area (Å²) in [5, 5.41) is 12.4. The van der Waals surface area contributed by atoms with E-state index in [-0.39, 0.29) is 11.5 Å². The van der Waals surface area contributed by atoms with E-state index < -0.39 is 5.97 Å². The van der Waals surface area contributed by atoms with Crippen LogP contribution in [0.5, 0.6) is 0 Å². The van der Waals surface area contributed by atoms with Crippen molar-refractivity contribution >= 4 is 5.97 Å². The van der Waals surface area contributed by atoms with Crippen LogP contribution in [0.25, 0.3) is 0 Å². The maximum absolute atomic E-state index is 11.1. The Labute approximate surface area is 78.5 Å². The van der Waals surface area contributed by atoms with Gasteiger partial charge in [0.2, 0.25) is 0 Å². The maximum Gasteiger partial charge on any atom is 0.308 e. The summed E-state index contributed by atoms with van der Waals surface area (Å²) in [6, 6.07) is 0. The van der Waals surface area contributed by atoms with Gasteiger partial charge in [-0.25, -0.2) is 0 Å². The summed E-state index contributed by atoms with van der Waals surface area (Å²) in [4.78, 5) is 11.1. The van der Waals surface area contributed by atoms with Crippen LogP contribution in [0.4, 0.5) is 0 Å². The summed E-state index contributed by atoms with van der Waals surface area (Å²) in [6.07, 6.45) is 5.48. The van der Waals surface area contributed by atoms with Gasteiger partial charge in [-0.15, -0.1) is 0 Å². The lowest BCUT2D eigenvalue weighted by Gasteiger charge is -2.38. The number of nitrogens with one attached hydrogen (secondary N) is 1. The molecule has 2 saturated carbocycles. The molecule has 3 atom stereocenters. The molecule has 0 aliphatic heterocycles. The van der Waals surface area contributed by atoms with Crippen LogP contribution >= 0.6 is 0 Å². The first-order valence-corrected chi connectivity index (χ1v) is 5.11. The second-order valence-corrected chi connectivity index (χ2v) is 4.41. The number of hydrogen-bond donors (Lipinski definition) is 2. The number of fused-ring (bicyclic) bond motifs is 2. The van der Waals surface area contributed by atoms with E-state index in [2.05, 4.69) is 5.32 Å². The molecule has 0 spiro atoms. The van der Waals surface area contributed by atoms with Gasteiger partial charge in [0.25, 0.3) is 0 Å². The Morgan fingerprint density at radius 1 is 1.46 bits per heavy atom. The van der Waals surface area contributed by atoms with E-state index in [1.54, 1.807) is 0 Å². The second kappa shape index (κ2) is 2.98. The van der Waals surface area contributed by atoms with Crippen molar-refractivity contribution in [1.29, 1.82) is 0 Å². The van der Waals surface area contributed by atoms with Crippen molar-refractivity contribution < 1.29 is 9.90 Å². The molecule has 0 saturated heterocycles. The van der Waals surface area contributed by atoms with Crippen LogP contribution in [-0.4, -0.2) is 23.7 Å². The lowest BCUT2D eigenvalue weighted by atomic mass is 9.73. The van der Waals surface area contributed by atoms with E-state index in [1.165, 1.54) is 6.42 Å². The Kier molecular flexibility index (Phi) is 2.06. The Bertz CT molecular complexity index is 225. The highest BCUT2D eigenvalue weighted by Gasteiger charge is 2.53. The normalized spacial score (nSPS) is 43.5. The topological polar surface area (TPSA) is 49.3 Å². The van der Waals surface area contributed by atoms with Crippen molar-refractivity contribution in [2.75, 3.05) is 7.05 Å². The first kappa shape index (κ1) is 9.00. The van der Waals surface area contributed by atoms with E-state index in [1.807, 2.05) is 7.05 Å². The fourth-order valence-corrected chi connectivity index (χ4v) is 3.33. The van der Waals surface area contributed by atoms with Gasteiger partial charge in [-0.3, -0.25) is 4.79 Å². The van der Waals surface area contributed by atoms with Crippen LogP contribution in [-0.2, 0) is 4.79 Å². The molecule has 3 heteroatoms. The number of carbonyl (C=O) groups is 1. The number of hydrogen-bond acceptors (Lipinski definition) is 2. The predicted octanol–water partition coefficient (Wildman–Crippen LogP) is 1.24. The molecule has 2 fully saturated rings. The first-order valence-electron chi connectivity index (χ1n) is 5.11. The van der Waals surface area contributed by atoms with Crippen molar-refractivity contribution in [2.45, 2.75) is 37.6 Å².